The molecule has 0 atom stereocenters. The molecule has 2 aromatic rings. The average Bonchev–Trinajstić information content (AvgIpc) is 2.66. The van der Waals surface area contributed by atoms with Gasteiger partial charge in [-0.1, -0.05) is 19.1 Å². The van der Waals surface area contributed by atoms with Crippen LogP contribution in [0.2, 0.25) is 0 Å². The molecule has 2 rings (SSSR count). The molecular formula is C21H21NO4. The Morgan fingerprint density at radius 1 is 1.12 bits per heavy atom. The fourth-order valence-corrected chi connectivity index (χ4v) is 2.41. The number of carbonyl (C=O) groups is 1. The van der Waals surface area contributed by atoms with Crippen molar-refractivity contribution in [1.82, 2.24) is 0 Å². The summed E-state index contributed by atoms with van der Waals surface area (Å²) in [5.41, 5.74) is 1.93. The average molecular weight is 351 g/mol. The molecule has 0 unspecified atom stereocenters. The highest BCUT2D eigenvalue weighted by Gasteiger charge is 2.09. The molecule has 26 heavy (non-hydrogen) atoms. The Hall–Kier alpha value is -3.26. The third kappa shape index (κ3) is 4.87. The first-order valence-electron chi connectivity index (χ1n) is 8.26. The third-order valence-corrected chi connectivity index (χ3v) is 3.67. The number of methoxy groups -OCH3 is 2. The van der Waals surface area contributed by atoms with E-state index < -0.39 is 0 Å². The van der Waals surface area contributed by atoms with E-state index in [2.05, 4.69) is 6.07 Å². The number of ether oxygens (including phenoxy) is 3. The van der Waals surface area contributed by atoms with Crippen LogP contribution in [0.1, 0.15) is 30.9 Å². The summed E-state index contributed by atoms with van der Waals surface area (Å²) < 4.78 is 15.8. The first-order valence-corrected chi connectivity index (χ1v) is 8.26. The largest absolute Gasteiger partial charge is 0.493 e. The van der Waals surface area contributed by atoms with E-state index in [0.29, 0.717) is 34.8 Å². The Morgan fingerprint density at radius 2 is 1.88 bits per heavy atom. The lowest BCUT2D eigenvalue weighted by molar-refractivity contribution is -0.134. The molecule has 5 nitrogen and oxygen atoms in total. The molecule has 0 radical (unpaired) electrons. The van der Waals surface area contributed by atoms with Gasteiger partial charge in [0.25, 0.3) is 0 Å². The number of rotatable bonds is 7. The highest BCUT2D eigenvalue weighted by atomic mass is 16.5. The molecule has 0 heterocycles. The van der Waals surface area contributed by atoms with Gasteiger partial charge in [-0.15, -0.1) is 0 Å². The van der Waals surface area contributed by atoms with Crippen LogP contribution in [-0.4, -0.2) is 20.2 Å². The normalized spacial score (nSPS) is 10.8. The maximum absolute atomic E-state index is 11.6. The molecule has 0 aliphatic rings. The Balaban J connectivity index is 2.32. The molecule has 0 amide bonds. The summed E-state index contributed by atoms with van der Waals surface area (Å²) >= 11 is 0. The summed E-state index contributed by atoms with van der Waals surface area (Å²) in [7, 11) is 3.11. The van der Waals surface area contributed by atoms with E-state index in [1.165, 1.54) is 0 Å². The molecule has 2 aromatic carbocycles. The van der Waals surface area contributed by atoms with E-state index in [4.69, 9.17) is 14.2 Å². The van der Waals surface area contributed by atoms with E-state index in [9.17, 15) is 10.1 Å². The molecular weight excluding hydrogens is 330 g/mol. The van der Waals surface area contributed by atoms with E-state index in [1.54, 1.807) is 56.7 Å². The van der Waals surface area contributed by atoms with Gasteiger partial charge in [-0.3, -0.25) is 4.79 Å². The van der Waals surface area contributed by atoms with Crippen LogP contribution in [-0.2, 0) is 4.79 Å². The van der Waals surface area contributed by atoms with Gasteiger partial charge in [-0.2, -0.15) is 5.26 Å². The Bertz CT molecular complexity index is 849. The summed E-state index contributed by atoms with van der Waals surface area (Å²) in [6, 6.07) is 14.6. The second-order valence-electron chi connectivity index (χ2n) is 5.54. The van der Waals surface area contributed by atoms with Crippen molar-refractivity contribution < 1.29 is 19.0 Å². The molecule has 0 saturated heterocycles. The minimum atomic E-state index is -0.269. The molecule has 134 valence electrons. The molecule has 0 aromatic heterocycles. The second kappa shape index (κ2) is 9.28. The fraction of sp³-hybridized carbons (Fsp3) is 0.238. The minimum Gasteiger partial charge on any atom is -0.493 e. The molecule has 0 spiro atoms. The van der Waals surface area contributed by atoms with Gasteiger partial charge in [-0.25, -0.2) is 0 Å². The van der Waals surface area contributed by atoms with Crippen LogP contribution in [0.5, 0.6) is 17.2 Å². The summed E-state index contributed by atoms with van der Waals surface area (Å²) in [4.78, 5) is 11.6. The number of benzene rings is 2. The predicted molar refractivity (Wildman–Crippen MR) is 100 cm³/mol. The minimum absolute atomic E-state index is 0.269. The van der Waals surface area contributed by atoms with Crippen molar-refractivity contribution in [3.63, 3.8) is 0 Å². The number of hydrogen-bond acceptors (Lipinski definition) is 5. The molecule has 0 aliphatic heterocycles. The van der Waals surface area contributed by atoms with E-state index >= 15 is 0 Å². The van der Waals surface area contributed by atoms with Gasteiger partial charge < -0.3 is 14.2 Å². The van der Waals surface area contributed by atoms with Gasteiger partial charge in [0.1, 0.15) is 5.75 Å². The van der Waals surface area contributed by atoms with E-state index in [-0.39, 0.29) is 5.97 Å². The van der Waals surface area contributed by atoms with Crippen molar-refractivity contribution in [2.45, 2.75) is 19.8 Å². The van der Waals surface area contributed by atoms with Gasteiger partial charge in [0.05, 0.1) is 25.9 Å². The van der Waals surface area contributed by atoms with Gasteiger partial charge in [0.2, 0.25) is 0 Å². The van der Waals surface area contributed by atoms with Crippen LogP contribution in [0.25, 0.3) is 11.6 Å². The first kappa shape index (κ1) is 19.1. The Kier molecular flexibility index (Phi) is 6.81. The van der Waals surface area contributed by atoms with Crippen LogP contribution in [0.4, 0.5) is 0 Å². The maximum Gasteiger partial charge on any atom is 0.311 e. The standard InChI is InChI=1S/C21H21NO4/c1-4-6-21(23)26-18-8-5-7-15(12-18)11-17(14-22)16-9-10-19(24-2)20(13-16)25-3/h5,7-13H,4,6H2,1-3H3/b17-11-. The third-order valence-electron chi connectivity index (χ3n) is 3.67. The number of hydrogen-bond donors (Lipinski definition) is 0. The van der Waals surface area contributed by atoms with Crippen molar-refractivity contribution in [2.24, 2.45) is 0 Å². The van der Waals surface area contributed by atoms with Crippen LogP contribution in [0, 0.1) is 11.3 Å². The predicted octanol–water partition coefficient (Wildman–Crippen LogP) is 4.47. The van der Waals surface area contributed by atoms with Crippen molar-refractivity contribution in [1.29, 1.82) is 5.26 Å². The monoisotopic (exact) mass is 351 g/mol. The lowest BCUT2D eigenvalue weighted by Gasteiger charge is -2.09. The number of carbonyl (C=O) groups excluding carboxylic acids is 1. The highest BCUT2D eigenvalue weighted by molar-refractivity contribution is 5.90. The number of nitrogens with zero attached hydrogens (tertiary/aromatic N) is 1. The number of allylic oxidation sites excluding steroid dienone is 1. The lowest BCUT2D eigenvalue weighted by Crippen LogP contribution is -2.06. The van der Waals surface area contributed by atoms with Crippen molar-refractivity contribution in [2.75, 3.05) is 14.2 Å². The second-order valence-corrected chi connectivity index (χ2v) is 5.54. The van der Waals surface area contributed by atoms with E-state index in [1.807, 2.05) is 13.0 Å². The quantitative estimate of drug-likeness (QED) is 0.318. The smallest absolute Gasteiger partial charge is 0.311 e. The van der Waals surface area contributed by atoms with Crippen molar-refractivity contribution >= 4 is 17.6 Å². The zero-order valence-electron chi connectivity index (χ0n) is 15.1. The Morgan fingerprint density at radius 3 is 2.54 bits per heavy atom. The van der Waals surface area contributed by atoms with Gasteiger partial charge in [0, 0.05) is 6.42 Å². The van der Waals surface area contributed by atoms with E-state index in [0.717, 1.165) is 12.0 Å². The molecule has 0 bridgehead atoms. The lowest BCUT2D eigenvalue weighted by atomic mass is 10.0. The van der Waals surface area contributed by atoms with Crippen LogP contribution >= 0.6 is 0 Å². The fourth-order valence-electron chi connectivity index (χ4n) is 2.41. The highest BCUT2D eigenvalue weighted by Crippen LogP contribution is 2.31. The van der Waals surface area contributed by atoms with Gasteiger partial charge in [-0.05, 0) is 54.0 Å². The summed E-state index contributed by atoms with van der Waals surface area (Å²) in [6.45, 7) is 1.92. The van der Waals surface area contributed by atoms with Crippen LogP contribution in [0.15, 0.2) is 42.5 Å². The van der Waals surface area contributed by atoms with Gasteiger partial charge in [0.15, 0.2) is 11.5 Å². The molecule has 0 saturated carbocycles. The topological polar surface area (TPSA) is 68.6 Å². The van der Waals surface area contributed by atoms with Crippen LogP contribution in [0.3, 0.4) is 0 Å². The zero-order valence-corrected chi connectivity index (χ0v) is 15.1. The van der Waals surface area contributed by atoms with Crippen LogP contribution < -0.4 is 14.2 Å². The van der Waals surface area contributed by atoms with Crippen molar-refractivity contribution in [3.05, 3.63) is 53.6 Å². The maximum atomic E-state index is 11.6. The Labute approximate surface area is 153 Å². The molecule has 0 aliphatic carbocycles. The summed E-state index contributed by atoms with van der Waals surface area (Å²) in [5.74, 6) is 1.34. The summed E-state index contributed by atoms with van der Waals surface area (Å²) in [6.07, 6.45) is 2.84. The first-order chi connectivity index (χ1) is 12.6. The summed E-state index contributed by atoms with van der Waals surface area (Å²) in [5, 5.41) is 9.54. The zero-order chi connectivity index (χ0) is 18.9. The van der Waals surface area contributed by atoms with Gasteiger partial charge >= 0.3 is 5.97 Å². The number of esters is 1. The molecule has 5 heteroatoms. The van der Waals surface area contributed by atoms with Crippen molar-refractivity contribution in [3.8, 4) is 23.3 Å². The SMILES string of the molecule is CCCC(=O)Oc1cccc(/C=C(/C#N)c2ccc(OC)c(OC)c2)c1. The molecule has 0 fully saturated rings. The number of nitriles is 1. The molecule has 0 N–H and O–H groups in total.